The molecule has 1 aliphatic heterocycles. The molecular weight excluding hydrogens is 168 g/mol. The highest BCUT2D eigenvalue weighted by molar-refractivity contribution is 7.80. The quantitative estimate of drug-likeness (QED) is 0.613. The Morgan fingerprint density at radius 2 is 1.75 bits per heavy atom. The summed E-state index contributed by atoms with van der Waals surface area (Å²) in [5.74, 6) is 1.18. The van der Waals surface area contributed by atoms with Crippen molar-refractivity contribution in [2.24, 2.45) is 17.3 Å². The lowest BCUT2D eigenvalue weighted by atomic mass is 9.68. The van der Waals surface area contributed by atoms with Crippen LogP contribution in [0.5, 0.6) is 0 Å². The molecule has 0 spiro atoms. The van der Waals surface area contributed by atoms with Gasteiger partial charge in [0.15, 0.2) is 5.05 Å². The van der Waals surface area contributed by atoms with Gasteiger partial charge in [-0.15, -0.1) is 0 Å². The standard InChI is InChI=1S/C10H18OS/c1-7(2)10(8(3)4)5-6-11-9(10)12/h7-8H,5-6H2,1-4H3. The first-order valence-corrected chi connectivity index (χ1v) is 5.10. The van der Waals surface area contributed by atoms with Gasteiger partial charge in [0.25, 0.3) is 0 Å². The molecule has 0 bridgehead atoms. The molecule has 1 rings (SSSR count). The molecule has 0 amide bonds. The van der Waals surface area contributed by atoms with Gasteiger partial charge in [-0.2, -0.15) is 0 Å². The molecule has 1 saturated heterocycles. The van der Waals surface area contributed by atoms with Crippen LogP contribution in [0.4, 0.5) is 0 Å². The van der Waals surface area contributed by atoms with E-state index in [1.165, 1.54) is 0 Å². The minimum Gasteiger partial charge on any atom is -0.486 e. The molecular formula is C10H18OS. The summed E-state index contributed by atoms with van der Waals surface area (Å²) >= 11 is 5.28. The Labute approximate surface area is 80.5 Å². The lowest BCUT2D eigenvalue weighted by Crippen LogP contribution is -2.36. The second kappa shape index (κ2) is 3.33. The summed E-state index contributed by atoms with van der Waals surface area (Å²) in [4.78, 5) is 0. The van der Waals surface area contributed by atoms with E-state index in [2.05, 4.69) is 27.7 Å². The van der Waals surface area contributed by atoms with Crippen LogP contribution < -0.4 is 0 Å². The van der Waals surface area contributed by atoms with Gasteiger partial charge in [0.1, 0.15) is 0 Å². The Morgan fingerprint density at radius 3 is 1.92 bits per heavy atom. The van der Waals surface area contributed by atoms with Crippen molar-refractivity contribution in [3.63, 3.8) is 0 Å². The van der Waals surface area contributed by atoms with Gasteiger partial charge in [0, 0.05) is 5.41 Å². The van der Waals surface area contributed by atoms with Crippen LogP contribution in [-0.4, -0.2) is 11.7 Å². The maximum atomic E-state index is 5.42. The lowest BCUT2D eigenvalue weighted by molar-refractivity contribution is 0.213. The fraction of sp³-hybridized carbons (Fsp3) is 0.900. The zero-order valence-electron chi connectivity index (χ0n) is 8.39. The van der Waals surface area contributed by atoms with E-state index in [0.29, 0.717) is 11.8 Å². The van der Waals surface area contributed by atoms with Crippen molar-refractivity contribution in [3.05, 3.63) is 0 Å². The third-order valence-electron chi connectivity index (χ3n) is 3.19. The minimum absolute atomic E-state index is 0.162. The first-order valence-electron chi connectivity index (χ1n) is 4.69. The molecule has 0 aromatic heterocycles. The topological polar surface area (TPSA) is 9.23 Å². The lowest BCUT2D eigenvalue weighted by Gasteiger charge is -2.35. The predicted molar refractivity (Wildman–Crippen MR) is 55.3 cm³/mol. The smallest absolute Gasteiger partial charge is 0.166 e. The van der Waals surface area contributed by atoms with Crippen LogP contribution in [0.1, 0.15) is 34.1 Å². The summed E-state index contributed by atoms with van der Waals surface area (Å²) in [6.45, 7) is 9.76. The largest absolute Gasteiger partial charge is 0.486 e. The van der Waals surface area contributed by atoms with Crippen molar-refractivity contribution in [1.29, 1.82) is 0 Å². The third-order valence-corrected chi connectivity index (χ3v) is 3.69. The van der Waals surface area contributed by atoms with E-state index in [1.54, 1.807) is 0 Å². The summed E-state index contributed by atoms with van der Waals surface area (Å²) in [7, 11) is 0. The Kier molecular flexibility index (Phi) is 2.77. The van der Waals surface area contributed by atoms with E-state index >= 15 is 0 Å². The number of thiocarbonyl (C=S) groups is 1. The molecule has 0 radical (unpaired) electrons. The maximum Gasteiger partial charge on any atom is 0.166 e. The SMILES string of the molecule is CC(C)C1(C(C)C)CCOC1=S. The summed E-state index contributed by atoms with van der Waals surface area (Å²) in [6.07, 6.45) is 1.10. The first-order chi connectivity index (χ1) is 5.51. The van der Waals surface area contributed by atoms with Crippen LogP contribution in [0, 0.1) is 17.3 Å². The van der Waals surface area contributed by atoms with Crippen LogP contribution in [0.2, 0.25) is 0 Å². The van der Waals surface area contributed by atoms with E-state index in [4.69, 9.17) is 17.0 Å². The molecule has 1 fully saturated rings. The van der Waals surface area contributed by atoms with E-state index in [9.17, 15) is 0 Å². The van der Waals surface area contributed by atoms with Crippen molar-refractivity contribution in [1.82, 2.24) is 0 Å². The Morgan fingerprint density at radius 1 is 1.25 bits per heavy atom. The summed E-state index contributed by atoms with van der Waals surface area (Å²) in [6, 6.07) is 0. The van der Waals surface area contributed by atoms with Gasteiger partial charge in [0.2, 0.25) is 0 Å². The van der Waals surface area contributed by atoms with E-state index < -0.39 is 0 Å². The van der Waals surface area contributed by atoms with Gasteiger partial charge in [-0.1, -0.05) is 27.7 Å². The van der Waals surface area contributed by atoms with Crippen LogP contribution in [0.25, 0.3) is 0 Å². The average Bonchev–Trinajstić information content (AvgIpc) is 2.31. The highest BCUT2D eigenvalue weighted by Gasteiger charge is 2.46. The molecule has 0 atom stereocenters. The molecule has 0 aromatic rings. The number of hydrogen-bond acceptors (Lipinski definition) is 2. The van der Waals surface area contributed by atoms with E-state index in [-0.39, 0.29) is 5.41 Å². The van der Waals surface area contributed by atoms with E-state index in [0.717, 1.165) is 18.1 Å². The minimum atomic E-state index is 0.162. The molecule has 2 heteroatoms. The molecule has 0 N–H and O–H groups in total. The van der Waals surface area contributed by atoms with Gasteiger partial charge >= 0.3 is 0 Å². The Hall–Kier alpha value is -0.110. The second-order valence-electron chi connectivity index (χ2n) is 4.24. The molecule has 12 heavy (non-hydrogen) atoms. The highest BCUT2D eigenvalue weighted by atomic mass is 32.1. The number of ether oxygens (including phenoxy) is 1. The van der Waals surface area contributed by atoms with Crippen LogP contribution in [0.15, 0.2) is 0 Å². The molecule has 0 aliphatic carbocycles. The van der Waals surface area contributed by atoms with Crippen LogP contribution in [0.3, 0.4) is 0 Å². The molecule has 0 unspecified atom stereocenters. The van der Waals surface area contributed by atoms with Crippen molar-refractivity contribution < 1.29 is 4.74 Å². The zero-order chi connectivity index (χ0) is 9.35. The van der Waals surface area contributed by atoms with Gasteiger partial charge in [-0.3, -0.25) is 0 Å². The monoisotopic (exact) mass is 186 g/mol. The highest BCUT2D eigenvalue weighted by Crippen LogP contribution is 2.44. The van der Waals surface area contributed by atoms with Gasteiger partial charge < -0.3 is 4.74 Å². The van der Waals surface area contributed by atoms with E-state index in [1.807, 2.05) is 0 Å². The van der Waals surface area contributed by atoms with Crippen LogP contribution in [-0.2, 0) is 4.74 Å². The Bertz CT molecular complexity index is 176. The van der Waals surface area contributed by atoms with Gasteiger partial charge in [0.05, 0.1) is 6.61 Å². The predicted octanol–water partition coefficient (Wildman–Crippen LogP) is 3.03. The molecule has 0 saturated carbocycles. The van der Waals surface area contributed by atoms with Crippen molar-refractivity contribution in [3.8, 4) is 0 Å². The molecule has 1 nitrogen and oxygen atoms in total. The third kappa shape index (κ3) is 1.26. The fourth-order valence-corrected chi connectivity index (χ4v) is 2.92. The van der Waals surface area contributed by atoms with Crippen molar-refractivity contribution >= 4 is 17.3 Å². The van der Waals surface area contributed by atoms with Gasteiger partial charge in [-0.25, -0.2) is 0 Å². The summed E-state index contributed by atoms with van der Waals surface area (Å²) in [5, 5.41) is 0.840. The molecule has 1 aliphatic rings. The Balaban J connectivity index is 2.93. The maximum absolute atomic E-state index is 5.42. The van der Waals surface area contributed by atoms with Crippen LogP contribution >= 0.6 is 12.2 Å². The molecule has 1 heterocycles. The number of rotatable bonds is 2. The van der Waals surface area contributed by atoms with Crippen molar-refractivity contribution in [2.45, 2.75) is 34.1 Å². The zero-order valence-corrected chi connectivity index (χ0v) is 9.20. The second-order valence-corrected chi connectivity index (χ2v) is 4.61. The van der Waals surface area contributed by atoms with Gasteiger partial charge in [-0.05, 0) is 30.5 Å². The summed E-state index contributed by atoms with van der Waals surface area (Å²) in [5.41, 5.74) is 0.162. The molecule has 0 aromatic carbocycles. The molecule has 70 valence electrons. The fourth-order valence-electron chi connectivity index (χ4n) is 2.26. The average molecular weight is 186 g/mol. The summed E-state index contributed by atoms with van der Waals surface area (Å²) < 4.78 is 5.42. The van der Waals surface area contributed by atoms with Crippen molar-refractivity contribution in [2.75, 3.05) is 6.61 Å². The number of hydrogen-bond donors (Lipinski definition) is 0. The normalized spacial score (nSPS) is 22.0. The first kappa shape index (κ1) is 9.97.